The Morgan fingerprint density at radius 2 is 2.00 bits per heavy atom. The maximum atomic E-state index is 10.9. The van der Waals surface area contributed by atoms with Crippen LogP contribution in [0, 0.1) is 6.92 Å². The molecule has 0 unspecified atom stereocenters. The van der Waals surface area contributed by atoms with E-state index in [1.54, 1.807) is 0 Å². The van der Waals surface area contributed by atoms with E-state index in [4.69, 9.17) is 20.2 Å². The van der Waals surface area contributed by atoms with Crippen LogP contribution in [0.25, 0.3) is 22.6 Å². The van der Waals surface area contributed by atoms with Gasteiger partial charge in [0.2, 0.25) is 12.7 Å². The van der Waals surface area contributed by atoms with Gasteiger partial charge in [0.15, 0.2) is 11.5 Å². The molecule has 0 radical (unpaired) electrons. The van der Waals surface area contributed by atoms with Crippen LogP contribution in [0.15, 0.2) is 36.4 Å². The van der Waals surface area contributed by atoms with Gasteiger partial charge in [-0.3, -0.25) is 9.78 Å². The van der Waals surface area contributed by atoms with E-state index >= 15 is 0 Å². The molecule has 1 amide bonds. The van der Waals surface area contributed by atoms with Gasteiger partial charge in [0.1, 0.15) is 5.82 Å². The van der Waals surface area contributed by atoms with Gasteiger partial charge in [-0.05, 0) is 50.1 Å². The molecule has 4 rings (SSSR count). The van der Waals surface area contributed by atoms with E-state index in [0.717, 1.165) is 59.2 Å². The Kier molecular flexibility index (Phi) is 4.97. The number of rotatable bonds is 7. The number of H-pyrrole nitrogens is 1. The van der Waals surface area contributed by atoms with Crippen molar-refractivity contribution in [2.75, 3.05) is 6.79 Å². The lowest BCUT2D eigenvalue weighted by molar-refractivity contribution is -0.118. The van der Waals surface area contributed by atoms with Crippen LogP contribution in [0.4, 0.5) is 0 Å². The molecule has 1 aliphatic rings. The second kappa shape index (κ2) is 7.72. The average molecular weight is 378 g/mol. The minimum atomic E-state index is -0.273. The Labute approximate surface area is 162 Å². The summed E-state index contributed by atoms with van der Waals surface area (Å²) in [5.74, 6) is 2.04. The van der Waals surface area contributed by atoms with Crippen molar-refractivity contribution in [2.24, 2.45) is 5.73 Å². The van der Waals surface area contributed by atoms with Crippen molar-refractivity contribution in [3.63, 3.8) is 0 Å². The van der Waals surface area contributed by atoms with E-state index in [2.05, 4.69) is 9.97 Å². The fraction of sp³-hybridized carbons (Fsp3) is 0.286. The van der Waals surface area contributed by atoms with E-state index in [-0.39, 0.29) is 12.7 Å². The Hall–Kier alpha value is -3.35. The molecule has 28 heavy (non-hydrogen) atoms. The number of fused-ring (bicyclic) bond motifs is 1. The molecule has 1 aromatic carbocycles. The number of hydrogen-bond donors (Lipinski definition) is 2. The molecule has 0 saturated carbocycles. The van der Waals surface area contributed by atoms with Gasteiger partial charge in [0, 0.05) is 24.1 Å². The molecule has 3 N–H and O–H groups in total. The maximum absolute atomic E-state index is 10.9. The Bertz CT molecular complexity index is 1010. The Morgan fingerprint density at radius 1 is 1.14 bits per heavy atom. The predicted molar refractivity (Wildman–Crippen MR) is 105 cm³/mol. The molecule has 3 heterocycles. The normalized spacial score (nSPS) is 12.3. The number of aromatic amines is 1. The molecule has 3 aromatic rings. The molecular weight excluding hydrogens is 356 g/mol. The van der Waals surface area contributed by atoms with Gasteiger partial charge in [-0.1, -0.05) is 6.07 Å². The summed E-state index contributed by atoms with van der Waals surface area (Å²) < 4.78 is 10.9. The second-order valence-electron chi connectivity index (χ2n) is 6.81. The summed E-state index contributed by atoms with van der Waals surface area (Å²) in [7, 11) is 0. The van der Waals surface area contributed by atoms with Crippen molar-refractivity contribution in [3.05, 3.63) is 47.9 Å². The van der Waals surface area contributed by atoms with Crippen LogP contribution in [0.2, 0.25) is 0 Å². The van der Waals surface area contributed by atoms with Gasteiger partial charge in [0.25, 0.3) is 0 Å². The first-order valence-electron chi connectivity index (χ1n) is 9.31. The number of unbranched alkanes of at least 4 members (excludes halogenated alkanes) is 1. The maximum Gasteiger partial charge on any atom is 0.231 e. The van der Waals surface area contributed by atoms with Crippen molar-refractivity contribution in [2.45, 2.75) is 32.6 Å². The van der Waals surface area contributed by atoms with Crippen LogP contribution in [0.3, 0.4) is 0 Å². The summed E-state index contributed by atoms with van der Waals surface area (Å²) >= 11 is 0. The van der Waals surface area contributed by atoms with E-state index < -0.39 is 0 Å². The first-order chi connectivity index (χ1) is 13.6. The molecule has 0 spiro atoms. The predicted octanol–water partition coefficient (Wildman–Crippen LogP) is 3.37. The Morgan fingerprint density at radius 3 is 2.82 bits per heavy atom. The van der Waals surface area contributed by atoms with Gasteiger partial charge in [-0.15, -0.1) is 0 Å². The number of aryl methyl sites for hydroxylation is 2. The number of amides is 1. The number of aromatic nitrogens is 3. The monoisotopic (exact) mass is 378 g/mol. The van der Waals surface area contributed by atoms with Crippen LogP contribution in [0.1, 0.15) is 30.8 Å². The number of nitrogens with one attached hydrogen (secondary N) is 1. The summed E-state index contributed by atoms with van der Waals surface area (Å²) in [5.41, 5.74) is 9.61. The zero-order chi connectivity index (χ0) is 19.5. The highest BCUT2D eigenvalue weighted by Crippen LogP contribution is 2.38. The highest BCUT2D eigenvalue weighted by atomic mass is 16.7. The van der Waals surface area contributed by atoms with Crippen molar-refractivity contribution >= 4 is 5.91 Å². The highest BCUT2D eigenvalue weighted by molar-refractivity contribution is 5.78. The van der Waals surface area contributed by atoms with Crippen molar-refractivity contribution in [1.29, 1.82) is 0 Å². The number of carbonyl (C=O) groups is 1. The van der Waals surface area contributed by atoms with E-state index in [1.165, 1.54) is 0 Å². The van der Waals surface area contributed by atoms with Crippen LogP contribution in [-0.4, -0.2) is 27.7 Å². The molecule has 1 aliphatic heterocycles. The smallest absolute Gasteiger partial charge is 0.231 e. The summed E-state index contributed by atoms with van der Waals surface area (Å²) in [6.07, 6.45) is 2.70. The van der Waals surface area contributed by atoms with Crippen LogP contribution < -0.4 is 15.2 Å². The summed E-state index contributed by atoms with van der Waals surface area (Å²) in [4.78, 5) is 23.8. The lowest BCUT2D eigenvalue weighted by Gasteiger charge is -2.04. The number of ether oxygens (including phenoxy) is 2. The standard InChI is InChI=1S/C21H22N4O3/c1-13-5-4-6-15(23-13)21-20(14-9-10-16-17(11-14)28-12-27-16)24-19(25-21)8-3-2-7-18(22)26/h4-6,9-11H,2-3,7-8,12H2,1H3,(H2,22,26)(H,24,25). The van der Waals surface area contributed by atoms with E-state index in [9.17, 15) is 4.79 Å². The molecular formula is C21H22N4O3. The summed E-state index contributed by atoms with van der Waals surface area (Å²) in [6.45, 7) is 2.20. The summed E-state index contributed by atoms with van der Waals surface area (Å²) in [5, 5.41) is 0. The lowest BCUT2D eigenvalue weighted by atomic mass is 10.1. The first-order valence-corrected chi connectivity index (χ1v) is 9.31. The largest absolute Gasteiger partial charge is 0.454 e. The number of hydrogen-bond acceptors (Lipinski definition) is 5. The number of pyridine rings is 1. The van der Waals surface area contributed by atoms with Gasteiger partial charge in [-0.25, -0.2) is 4.98 Å². The quantitative estimate of drug-likeness (QED) is 0.614. The van der Waals surface area contributed by atoms with Crippen LogP contribution >= 0.6 is 0 Å². The molecule has 0 fully saturated rings. The fourth-order valence-corrected chi connectivity index (χ4v) is 3.25. The number of nitrogens with two attached hydrogens (primary N) is 1. The van der Waals surface area contributed by atoms with E-state index in [0.29, 0.717) is 12.2 Å². The van der Waals surface area contributed by atoms with E-state index in [1.807, 2.05) is 43.3 Å². The number of imidazole rings is 1. The van der Waals surface area contributed by atoms with Crippen molar-refractivity contribution < 1.29 is 14.3 Å². The average Bonchev–Trinajstić information content (AvgIpc) is 3.31. The molecule has 2 aromatic heterocycles. The fourth-order valence-electron chi connectivity index (χ4n) is 3.25. The van der Waals surface area contributed by atoms with Crippen LogP contribution in [-0.2, 0) is 11.2 Å². The molecule has 7 heteroatoms. The number of benzene rings is 1. The highest BCUT2D eigenvalue weighted by Gasteiger charge is 2.19. The zero-order valence-electron chi connectivity index (χ0n) is 15.7. The van der Waals surface area contributed by atoms with Crippen molar-refractivity contribution in [1.82, 2.24) is 15.0 Å². The minimum Gasteiger partial charge on any atom is -0.454 e. The van der Waals surface area contributed by atoms with Gasteiger partial charge in [-0.2, -0.15) is 0 Å². The Balaban J connectivity index is 1.68. The van der Waals surface area contributed by atoms with Crippen molar-refractivity contribution in [3.8, 4) is 34.1 Å². The zero-order valence-corrected chi connectivity index (χ0v) is 15.7. The first kappa shape index (κ1) is 18.0. The molecule has 0 bridgehead atoms. The summed E-state index contributed by atoms with van der Waals surface area (Å²) in [6, 6.07) is 11.7. The third-order valence-corrected chi connectivity index (χ3v) is 4.63. The van der Waals surface area contributed by atoms with Gasteiger partial charge in [0.05, 0.1) is 17.1 Å². The third-order valence-electron chi connectivity index (χ3n) is 4.63. The van der Waals surface area contributed by atoms with Crippen LogP contribution in [0.5, 0.6) is 11.5 Å². The molecule has 0 aliphatic carbocycles. The number of carbonyl (C=O) groups excluding carboxylic acids is 1. The third kappa shape index (κ3) is 3.83. The number of primary amides is 1. The van der Waals surface area contributed by atoms with Gasteiger partial charge < -0.3 is 20.2 Å². The lowest BCUT2D eigenvalue weighted by Crippen LogP contribution is -2.09. The number of nitrogens with zero attached hydrogens (tertiary/aromatic N) is 2. The molecule has 0 atom stereocenters. The topological polar surface area (TPSA) is 103 Å². The molecule has 144 valence electrons. The molecule has 7 nitrogen and oxygen atoms in total. The molecule has 0 saturated heterocycles. The second-order valence-corrected chi connectivity index (χ2v) is 6.81. The minimum absolute atomic E-state index is 0.233. The SMILES string of the molecule is Cc1cccc(-c2[nH]c(CCCCC(N)=O)nc2-c2ccc3c(c2)OCO3)n1. The van der Waals surface area contributed by atoms with Gasteiger partial charge >= 0.3 is 0 Å².